The topological polar surface area (TPSA) is 0 Å². The molecule has 0 nitrogen and oxygen atoms in total. The molecule has 4 fully saturated rings. The van der Waals surface area contributed by atoms with Crippen molar-refractivity contribution in [1.82, 2.24) is 0 Å². The fourth-order valence-corrected chi connectivity index (χ4v) is 122. The molecule has 4 saturated heterocycles. The number of hydrogen-bond acceptors (Lipinski definition) is 9. The van der Waals surface area contributed by atoms with Gasteiger partial charge >= 0.3 is 187 Å². The minimum absolute atomic E-state index is 0.881. The summed E-state index contributed by atoms with van der Waals surface area (Å²) >= 11 is 8.94. The van der Waals surface area contributed by atoms with Gasteiger partial charge < -0.3 is 0 Å². The molecule has 0 aromatic heterocycles. The summed E-state index contributed by atoms with van der Waals surface area (Å²) in [5.74, 6) is 6.72. The Kier molecular flexibility index (Phi) is 8.67. The molecule has 0 aliphatic carbocycles. The van der Waals surface area contributed by atoms with E-state index in [2.05, 4.69) is 104 Å². The number of hydrogen-bond donors (Lipinski definition) is 0. The molecular weight excluding hydrogens is 591 g/mol. The summed E-state index contributed by atoms with van der Waals surface area (Å²) < 4.78 is 3.53. The van der Waals surface area contributed by atoms with Crippen molar-refractivity contribution < 1.29 is 0 Å². The maximum atomic E-state index is 4.10. The van der Waals surface area contributed by atoms with E-state index in [0.29, 0.717) is 0 Å². The molecule has 0 spiro atoms. The van der Waals surface area contributed by atoms with Crippen LogP contribution >= 0.6 is 91.3 Å². The van der Waals surface area contributed by atoms with E-state index in [9.17, 15) is 0 Å². The zero-order valence-electron chi connectivity index (χ0n) is 14.1. The Morgan fingerprint density at radius 1 is 0.720 bits per heavy atom. The van der Waals surface area contributed by atoms with Crippen molar-refractivity contribution in [3.05, 3.63) is 12.7 Å². The Balaban J connectivity index is 1.63. The van der Waals surface area contributed by atoms with Crippen LogP contribution in [0.2, 0.25) is 0 Å². The van der Waals surface area contributed by atoms with Gasteiger partial charge in [-0.1, -0.05) is 0 Å². The molecule has 0 amide bonds. The van der Waals surface area contributed by atoms with Crippen molar-refractivity contribution in [1.29, 1.82) is 0 Å². The molecule has 4 rings (SSSR count). The summed E-state index contributed by atoms with van der Waals surface area (Å²) in [5.41, 5.74) is 0. The second kappa shape index (κ2) is 9.89. The van der Waals surface area contributed by atoms with E-state index >= 15 is 0 Å². The zero-order chi connectivity index (χ0) is 17.2. The molecule has 4 atom stereocenters. The molecule has 4 heterocycles. The van der Waals surface area contributed by atoms with Gasteiger partial charge in [0.1, 0.15) is 0 Å². The zero-order valence-corrected chi connectivity index (χ0v) is 24.0. The number of rotatable bonds is 11. The van der Waals surface area contributed by atoms with Crippen molar-refractivity contribution in [3.63, 3.8) is 0 Å². The Labute approximate surface area is 184 Å². The Morgan fingerprint density at radius 3 is 1.24 bits per heavy atom. The summed E-state index contributed by atoms with van der Waals surface area (Å²) in [5, 5.41) is 0. The third kappa shape index (κ3) is 5.50. The SMILES string of the molecule is C=CC[S][Sb]([S]C1CCS1)([S]C1CCS1)([S]C1CCS1)[S]C1CCS1. The van der Waals surface area contributed by atoms with Gasteiger partial charge in [0, 0.05) is 0 Å². The third-order valence-corrected chi connectivity index (χ3v) is 82.1. The predicted molar refractivity (Wildman–Crippen MR) is 142 cm³/mol. The van der Waals surface area contributed by atoms with Gasteiger partial charge in [-0.05, 0) is 0 Å². The Bertz CT molecular complexity index is 398. The van der Waals surface area contributed by atoms with Crippen molar-refractivity contribution in [3.8, 4) is 0 Å². The molecule has 4 aliphatic rings. The fraction of sp³-hybridized carbons (Fsp3) is 0.867. The fourth-order valence-electron chi connectivity index (χ4n) is 2.40. The summed E-state index contributed by atoms with van der Waals surface area (Å²) in [6, 6.07) is 0. The predicted octanol–water partition coefficient (Wildman–Crippen LogP) is 7.58. The first-order valence-electron chi connectivity index (χ1n) is 8.69. The molecule has 4 aliphatic heterocycles. The van der Waals surface area contributed by atoms with Crippen LogP contribution in [0.1, 0.15) is 25.7 Å². The molecule has 0 radical (unpaired) electrons. The molecule has 0 aromatic carbocycles. The van der Waals surface area contributed by atoms with Crippen LogP contribution in [0.25, 0.3) is 0 Å². The van der Waals surface area contributed by atoms with Gasteiger partial charge in [0.2, 0.25) is 0 Å². The van der Waals surface area contributed by atoms with Crippen molar-refractivity contribution in [2.45, 2.75) is 44.0 Å². The van der Waals surface area contributed by atoms with E-state index in [4.69, 9.17) is 0 Å². The second-order valence-electron chi connectivity index (χ2n) is 6.11. The van der Waals surface area contributed by atoms with E-state index in [1.807, 2.05) is 0 Å². The van der Waals surface area contributed by atoms with E-state index in [1.54, 1.807) is 0 Å². The Morgan fingerprint density at radius 2 is 1.04 bits per heavy atom. The number of thioether (sulfide) groups is 4. The summed E-state index contributed by atoms with van der Waals surface area (Å²) in [6.07, 6.45) is 7.96. The Hall–Kier alpha value is 3.71. The molecule has 10 heteroatoms. The van der Waals surface area contributed by atoms with E-state index in [-0.39, 0.29) is 0 Å². The normalized spacial score (nSPS) is 36.1. The van der Waals surface area contributed by atoms with Crippen LogP contribution in [0.4, 0.5) is 0 Å². The standard InChI is InChI=1S/4C3H6S2.C3H6S.Sb/c4*4-3-1-2-5-3;1-2-3-4;/h4*3-4H,1-2H2;2,4H,1,3H2;/q;;;;;+5/p-5. The minimum atomic E-state index is -3.08. The van der Waals surface area contributed by atoms with Gasteiger partial charge in [0.25, 0.3) is 0 Å². The molecular formula is C15H25S9Sb. The van der Waals surface area contributed by atoms with Crippen LogP contribution in [0.3, 0.4) is 0 Å². The van der Waals surface area contributed by atoms with Crippen LogP contribution < -0.4 is 0 Å². The molecule has 0 aromatic rings. The third-order valence-electron chi connectivity index (χ3n) is 4.19. The first-order chi connectivity index (χ1) is 12.2. The van der Waals surface area contributed by atoms with Gasteiger partial charge in [0.05, 0.1) is 0 Å². The van der Waals surface area contributed by atoms with Crippen LogP contribution in [0.15, 0.2) is 12.7 Å². The summed E-state index contributed by atoms with van der Waals surface area (Å²) in [7, 11) is 9.44. The van der Waals surface area contributed by atoms with Crippen LogP contribution in [0, 0.1) is 0 Å². The van der Waals surface area contributed by atoms with Crippen LogP contribution in [-0.2, 0) is 0 Å². The molecule has 0 N–H and O–H groups in total. The van der Waals surface area contributed by atoms with Crippen molar-refractivity contribution in [2.24, 2.45) is 0 Å². The molecule has 0 bridgehead atoms. The first kappa shape index (κ1) is 21.9. The average Bonchev–Trinajstić information content (AvgIpc) is 2.46. The van der Waals surface area contributed by atoms with Gasteiger partial charge in [-0.15, -0.1) is 0 Å². The van der Waals surface area contributed by atoms with Crippen LogP contribution in [0.5, 0.6) is 0 Å². The summed E-state index contributed by atoms with van der Waals surface area (Å²) in [6.45, 7) is 4.10. The molecule has 4 unspecified atom stereocenters. The second-order valence-corrected chi connectivity index (χ2v) is 69.9. The van der Waals surface area contributed by atoms with Crippen molar-refractivity contribution >= 4 is 102 Å². The van der Waals surface area contributed by atoms with E-state index in [1.165, 1.54) is 48.7 Å². The quantitative estimate of drug-likeness (QED) is 0.169. The maximum absolute atomic E-state index is 4.10. The summed E-state index contributed by atoms with van der Waals surface area (Å²) in [4.78, 5) is 0. The molecule has 25 heavy (non-hydrogen) atoms. The van der Waals surface area contributed by atoms with E-state index < -0.39 is 10.4 Å². The van der Waals surface area contributed by atoms with Gasteiger partial charge in [-0.25, -0.2) is 0 Å². The van der Waals surface area contributed by atoms with Gasteiger partial charge in [0.15, 0.2) is 0 Å². The van der Waals surface area contributed by atoms with Gasteiger partial charge in [-0.2, -0.15) is 0 Å². The molecule has 144 valence electrons. The van der Waals surface area contributed by atoms with Crippen LogP contribution in [-0.4, -0.2) is 57.5 Å². The monoisotopic (exact) mass is 614 g/mol. The average molecular weight is 616 g/mol. The molecule has 0 saturated carbocycles. The van der Waals surface area contributed by atoms with Crippen molar-refractivity contribution in [2.75, 3.05) is 28.8 Å². The van der Waals surface area contributed by atoms with E-state index in [0.717, 1.165) is 24.1 Å². The van der Waals surface area contributed by atoms with Gasteiger partial charge in [-0.3, -0.25) is 0 Å². The first-order valence-corrected chi connectivity index (χ1v) is 32.8.